The number of hydrogen-bond acceptors (Lipinski definition) is 0. The molecule has 23 heavy (non-hydrogen) atoms. The van der Waals surface area contributed by atoms with Crippen molar-refractivity contribution in [1.29, 1.82) is 0 Å². The SMILES string of the molecule is CCCCC(C)CCCCC(C)CCCC(C)CCCC(C)C. The average Bonchev–Trinajstić information content (AvgIpc) is 2.49. The standard InChI is InChI=1S/C23H48/c1-7-8-14-21(4)15-9-10-16-22(5)18-12-19-23(6)17-11-13-20(2)3/h20-23H,7-19H2,1-6H3. The van der Waals surface area contributed by atoms with Gasteiger partial charge in [0.05, 0.1) is 0 Å². The molecule has 3 atom stereocenters. The zero-order chi connectivity index (χ0) is 17.5. The van der Waals surface area contributed by atoms with Crippen LogP contribution in [0.25, 0.3) is 0 Å². The van der Waals surface area contributed by atoms with E-state index in [1.165, 1.54) is 83.5 Å². The van der Waals surface area contributed by atoms with E-state index in [1.807, 2.05) is 0 Å². The summed E-state index contributed by atoms with van der Waals surface area (Å²) in [6, 6.07) is 0. The van der Waals surface area contributed by atoms with E-state index in [-0.39, 0.29) is 0 Å². The lowest BCUT2D eigenvalue weighted by atomic mass is 9.91. The van der Waals surface area contributed by atoms with Gasteiger partial charge in [-0.15, -0.1) is 0 Å². The first-order valence-corrected chi connectivity index (χ1v) is 11.0. The molecule has 0 heterocycles. The van der Waals surface area contributed by atoms with Gasteiger partial charge in [0.25, 0.3) is 0 Å². The van der Waals surface area contributed by atoms with Crippen LogP contribution in [0.4, 0.5) is 0 Å². The van der Waals surface area contributed by atoms with Gasteiger partial charge < -0.3 is 0 Å². The monoisotopic (exact) mass is 324 g/mol. The molecule has 0 spiro atoms. The van der Waals surface area contributed by atoms with Crippen molar-refractivity contribution < 1.29 is 0 Å². The van der Waals surface area contributed by atoms with E-state index in [0.29, 0.717) is 0 Å². The average molecular weight is 325 g/mol. The molecule has 0 rings (SSSR count). The Hall–Kier alpha value is 0. The Bertz CT molecular complexity index is 230. The van der Waals surface area contributed by atoms with Gasteiger partial charge in [-0.3, -0.25) is 0 Å². The molecule has 0 aromatic carbocycles. The second-order valence-electron chi connectivity index (χ2n) is 9.00. The zero-order valence-corrected chi connectivity index (χ0v) is 17.5. The van der Waals surface area contributed by atoms with Gasteiger partial charge in [-0.2, -0.15) is 0 Å². The molecule has 0 aliphatic rings. The molecule has 3 unspecified atom stereocenters. The maximum absolute atomic E-state index is 2.48. The Morgan fingerprint density at radius 1 is 0.435 bits per heavy atom. The van der Waals surface area contributed by atoms with Crippen molar-refractivity contribution in [3.63, 3.8) is 0 Å². The van der Waals surface area contributed by atoms with Crippen LogP contribution < -0.4 is 0 Å². The Morgan fingerprint density at radius 2 is 0.783 bits per heavy atom. The normalized spacial score (nSPS) is 15.8. The van der Waals surface area contributed by atoms with E-state index in [4.69, 9.17) is 0 Å². The van der Waals surface area contributed by atoms with Crippen molar-refractivity contribution in [2.45, 2.75) is 125 Å². The lowest BCUT2D eigenvalue weighted by molar-refractivity contribution is 0.378. The third kappa shape index (κ3) is 16.6. The van der Waals surface area contributed by atoms with E-state index < -0.39 is 0 Å². The van der Waals surface area contributed by atoms with E-state index in [9.17, 15) is 0 Å². The Balaban J connectivity index is 3.44. The smallest absolute Gasteiger partial charge is 0.0443 e. The number of rotatable bonds is 16. The summed E-state index contributed by atoms with van der Waals surface area (Å²) in [7, 11) is 0. The third-order valence-electron chi connectivity index (χ3n) is 5.57. The summed E-state index contributed by atoms with van der Waals surface area (Å²) < 4.78 is 0. The van der Waals surface area contributed by atoms with Gasteiger partial charge in [0.1, 0.15) is 0 Å². The lowest BCUT2D eigenvalue weighted by Crippen LogP contribution is -2.00. The van der Waals surface area contributed by atoms with Gasteiger partial charge in [-0.25, -0.2) is 0 Å². The van der Waals surface area contributed by atoms with Crippen LogP contribution in [0, 0.1) is 23.7 Å². The largest absolute Gasteiger partial charge is 0.0654 e. The second-order valence-corrected chi connectivity index (χ2v) is 9.00. The molecule has 0 bridgehead atoms. The van der Waals surface area contributed by atoms with E-state index >= 15 is 0 Å². The molecule has 0 amide bonds. The number of unbranched alkanes of at least 4 members (excludes halogenated alkanes) is 2. The maximum Gasteiger partial charge on any atom is -0.0443 e. The summed E-state index contributed by atoms with van der Waals surface area (Å²) in [6.45, 7) is 14.4. The third-order valence-corrected chi connectivity index (χ3v) is 5.57. The minimum absolute atomic E-state index is 0.881. The van der Waals surface area contributed by atoms with Crippen LogP contribution in [0.3, 0.4) is 0 Å². The van der Waals surface area contributed by atoms with Gasteiger partial charge in [-0.1, -0.05) is 125 Å². The van der Waals surface area contributed by atoms with Gasteiger partial charge >= 0.3 is 0 Å². The minimum Gasteiger partial charge on any atom is -0.0654 e. The molecular weight excluding hydrogens is 276 g/mol. The van der Waals surface area contributed by atoms with Gasteiger partial charge in [0.15, 0.2) is 0 Å². The summed E-state index contributed by atoms with van der Waals surface area (Å²) >= 11 is 0. The van der Waals surface area contributed by atoms with Crippen LogP contribution in [0.1, 0.15) is 125 Å². The Kier molecular flexibility index (Phi) is 15.5. The fourth-order valence-corrected chi connectivity index (χ4v) is 3.66. The summed E-state index contributed by atoms with van der Waals surface area (Å²) in [5.41, 5.74) is 0. The zero-order valence-electron chi connectivity index (χ0n) is 17.5. The minimum atomic E-state index is 0.881. The first-order chi connectivity index (χ1) is 11.0. The van der Waals surface area contributed by atoms with Crippen molar-refractivity contribution in [3.05, 3.63) is 0 Å². The highest BCUT2D eigenvalue weighted by Crippen LogP contribution is 2.22. The molecule has 140 valence electrons. The molecule has 0 nitrogen and oxygen atoms in total. The molecule has 0 heteroatoms. The fraction of sp³-hybridized carbons (Fsp3) is 1.00. The van der Waals surface area contributed by atoms with Gasteiger partial charge in [0.2, 0.25) is 0 Å². The molecule has 0 radical (unpaired) electrons. The molecule has 0 saturated heterocycles. The predicted octanol–water partition coefficient (Wildman–Crippen LogP) is 8.64. The van der Waals surface area contributed by atoms with E-state index in [0.717, 1.165) is 23.7 Å². The van der Waals surface area contributed by atoms with Crippen LogP contribution in [0.15, 0.2) is 0 Å². The summed E-state index contributed by atoms with van der Waals surface area (Å²) in [4.78, 5) is 0. The lowest BCUT2D eigenvalue weighted by Gasteiger charge is -2.15. The van der Waals surface area contributed by atoms with Crippen molar-refractivity contribution >= 4 is 0 Å². The summed E-state index contributed by atoms with van der Waals surface area (Å²) in [5.74, 6) is 3.73. The van der Waals surface area contributed by atoms with Crippen LogP contribution >= 0.6 is 0 Å². The predicted molar refractivity (Wildman–Crippen MR) is 108 cm³/mol. The highest BCUT2D eigenvalue weighted by atomic mass is 14.1. The summed E-state index contributed by atoms with van der Waals surface area (Å²) in [6.07, 6.45) is 18.7. The topological polar surface area (TPSA) is 0 Å². The first kappa shape index (κ1) is 23.0. The molecule has 0 fully saturated rings. The summed E-state index contributed by atoms with van der Waals surface area (Å²) in [5, 5.41) is 0. The quantitative estimate of drug-likeness (QED) is 0.249. The van der Waals surface area contributed by atoms with Crippen LogP contribution in [-0.2, 0) is 0 Å². The van der Waals surface area contributed by atoms with Gasteiger partial charge in [0, 0.05) is 0 Å². The molecule has 0 N–H and O–H groups in total. The molecular formula is C23H48. The second kappa shape index (κ2) is 15.5. The van der Waals surface area contributed by atoms with Crippen molar-refractivity contribution in [1.82, 2.24) is 0 Å². The molecule has 0 saturated carbocycles. The van der Waals surface area contributed by atoms with Gasteiger partial charge in [-0.05, 0) is 23.7 Å². The van der Waals surface area contributed by atoms with Crippen LogP contribution in [0.2, 0.25) is 0 Å². The van der Waals surface area contributed by atoms with Crippen molar-refractivity contribution in [2.24, 2.45) is 23.7 Å². The van der Waals surface area contributed by atoms with Crippen molar-refractivity contribution in [2.75, 3.05) is 0 Å². The molecule has 0 aromatic heterocycles. The molecule has 0 aromatic rings. The fourth-order valence-electron chi connectivity index (χ4n) is 3.66. The van der Waals surface area contributed by atoms with E-state index in [2.05, 4.69) is 41.5 Å². The Labute approximate surface area is 149 Å². The maximum atomic E-state index is 2.48. The number of hydrogen-bond donors (Lipinski definition) is 0. The molecule has 0 aliphatic carbocycles. The van der Waals surface area contributed by atoms with E-state index in [1.54, 1.807) is 0 Å². The van der Waals surface area contributed by atoms with Crippen LogP contribution in [0.5, 0.6) is 0 Å². The highest BCUT2D eigenvalue weighted by molar-refractivity contribution is 4.60. The first-order valence-electron chi connectivity index (χ1n) is 11.0. The highest BCUT2D eigenvalue weighted by Gasteiger charge is 2.07. The Morgan fingerprint density at radius 3 is 1.17 bits per heavy atom. The van der Waals surface area contributed by atoms with Crippen LogP contribution in [-0.4, -0.2) is 0 Å². The van der Waals surface area contributed by atoms with Crippen molar-refractivity contribution in [3.8, 4) is 0 Å². The molecule has 0 aliphatic heterocycles.